The Morgan fingerprint density at radius 1 is 0.870 bits per heavy atom. The molecule has 3 aromatic rings. The highest BCUT2D eigenvalue weighted by Crippen LogP contribution is 2.32. The van der Waals surface area contributed by atoms with Gasteiger partial charge in [-0.25, -0.2) is 0 Å². The fourth-order valence-corrected chi connectivity index (χ4v) is 2.47. The standard InChI is InChI=1S/C20H15ClO2/c21-20(22)17-11-12-18(16-9-5-2-6-10-16)19(13-17)23-14-15-7-3-1-4-8-15/h1-13H,14H2. The van der Waals surface area contributed by atoms with Crippen LogP contribution < -0.4 is 4.74 Å². The molecule has 0 saturated heterocycles. The van der Waals surface area contributed by atoms with Crippen molar-refractivity contribution in [1.82, 2.24) is 0 Å². The van der Waals surface area contributed by atoms with E-state index < -0.39 is 5.24 Å². The molecule has 0 atom stereocenters. The van der Waals surface area contributed by atoms with Gasteiger partial charge in [0.05, 0.1) is 0 Å². The smallest absolute Gasteiger partial charge is 0.252 e. The Hall–Kier alpha value is -2.58. The van der Waals surface area contributed by atoms with E-state index in [2.05, 4.69) is 0 Å². The molecule has 0 radical (unpaired) electrons. The monoisotopic (exact) mass is 322 g/mol. The second-order valence-electron chi connectivity index (χ2n) is 5.12. The average Bonchev–Trinajstić information content (AvgIpc) is 2.61. The molecule has 0 aliphatic heterocycles. The number of hydrogen-bond acceptors (Lipinski definition) is 2. The third-order valence-corrected chi connectivity index (χ3v) is 3.75. The second kappa shape index (κ2) is 7.12. The van der Waals surface area contributed by atoms with Crippen LogP contribution >= 0.6 is 11.6 Å². The highest BCUT2D eigenvalue weighted by molar-refractivity contribution is 6.67. The van der Waals surface area contributed by atoms with Gasteiger partial charge in [-0.15, -0.1) is 0 Å². The van der Waals surface area contributed by atoms with Crippen LogP contribution in [0, 0.1) is 0 Å². The Morgan fingerprint density at radius 2 is 1.52 bits per heavy atom. The minimum atomic E-state index is -0.492. The summed E-state index contributed by atoms with van der Waals surface area (Å²) in [6.07, 6.45) is 0. The molecule has 0 heterocycles. The summed E-state index contributed by atoms with van der Waals surface area (Å²) in [4.78, 5) is 11.4. The molecular weight excluding hydrogens is 308 g/mol. The molecule has 0 spiro atoms. The van der Waals surface area contributed by atoms with Crippen molar-refractivity contribution in [2.24, 2.45) is 0 Å². The van der Waals surface area contributed by atoms with Gasteiger partial charge in [0.2, 0.25) is 0 Å². The molecule has 0 bridgehead atoms. The van der Waals surface area contributed by atoms with Crippen molar-refractivity contribution in [1.29, 1.82) is 0 Å². The molecule has 0 amide bonds. The van der Waals surface area contributed by atoms with Crippen molar-refractivity contribution in [3.8, 4) is 16.9 Å². The number of rotatable bonds is 5. The Balaban J connectivity index is 1.94. The average molecular weight is 323 g/mol. The molecule has 0 aliphatic carbocycles. The van der Waals surface area contributed by atoms with Gasteiger partial charge >= 0.3 is 0 Å². The minimum Gasteiger partial charge on any atom is -0.488 e. The number of halogens is 1. The van der Waals surface area contributed by atoms with Crippen LogP contribution in [0.5, 0.6) is 5.75 Å². The summed E-state index contributed by atoms with van der Waals surface area (Å²) in [5, 5.41) is -0.492. The number of ether oxygens (including phenoxy) is 1. The van der Waals surface area contributed by atoms with Gasteiger partial charge in [0.25, 0.3) is 5.24 Å². The maximum Gasteiger partial charge on any atom is 0.252 e. The molecule has 0 unspecified atom stereocenters. The lowest BCUT2D eigenvalue weighted by molar-refractivity contribution is 0.108. The topological polar surface area (TPSA) is 26.3 Å². The molecule has 3 aromatic carbocycles. The summed E-state index contributed by atoms with van der Waals surface area (Å²) in [6, 6.07) is 25.1. The molecule has 3 rings (SSSR count). The zero-order valence-electron chi connectivity index (χ0n) is 12.4. The first kappa shape index (κ1) is 15.3. The maximum atomic E-state index is 11.4. The van der Waals surface area contributed by atoms with Crippen molar-refractivity contribution in [2.45, 2.75) is 6.61 Å². The third-order valence-electron chi connectivity index (χ3n) is 3.53. The lowest BCUT2D eigenvalue weighted by atomic mass is 10.0. The molecule has 0 aliphatic rings. The van der Waals surface area contributed by atoms with Crippen molar-refractivity contribution in [3.05, 3.63) is 90.0 Å². The summed E-state index contributed by atoms with van der Waals surface area (Å²) in [5.74, 6) is 0.645. The van der Waals surface area contributed by atoms with E-state index in [1.165, 1.54) is 0 Å². The van der Waals surface area contributed by atoms with E-state index >= 15 is 0 Å². The van der Waals surface area contributed by atoms with E-state index in [1.807, 2.05) is 66.7 Å². The van der Waals surface area contributed by atoms with Gasteiger partial charge in [0.1, 0.15) is 12.4 Å². The Bertz CT molecular complexity index is 798. The first-order chi connectivity index (χ1) is 11.2. The lowest BCUT2D eigenvalue weighted by Gasteiger charge is -2.13. The Labute approximate surface area is 140 Å². The van der Waals surface area contributed by atoms with Crippen LogP contribution in [0.4, 0.5) is 0 Å². The molecule has 0 aromatic heterocycles. The minimum absolute atomic E-state index is 0.425. The number of hydrogen-bond donors (Lipinski definition) is 0. The van der Waals surface area contributed by atoms with Crippen molar-refractivity contribution in [3.63, 3.8) is 0 Å². The predicted molar refractivity (Wildman–Crippen MR) is 92.8 cm³/mol. The molecular formula is C20H15ClO2. The van der Waals surface area contributed by atoms with Crippen LogP contribution in [0.1, 0.15) is 15.9 Å². The van der Waals surface area contributed by atoms with Crippen LogP contribution in [-0.2, 0) is 6.61 Å². The Kier molecular flexibility index (Phi) is 4.74. The van der Waals surface area contributed by atoms with E-state index in [1.54, 1.807) is 12.1 Å². The number of carbonyl (C=O) groups is 1. The molecule has 3 heteroatoms. The predicted octanol–water partition coefficient (Wildman–Crippen LogP) is 5.31. The lowest BCUT2D eigenvalue weighted by Crippen LogP contribution is -1.99. The van der Waals surface area contributed by atoms with Crippen LogP contribution in [-0.4, -0.2) is 5.24 Å². The first-order valence-corrected chi connectivity index (χ1v) is 7.68. The van der Waals surface area contributed by atoms with Gasteiger partial charge in [-0.1, -0.05) is 60.7 Å². The molecule has 23 heavy (non-hydrogen) atoms. The van der Waals surface area contributed by atoms with Gasteiger partial charge < -0.3 is 4.74 Å². The summed E-state index contributed by atoms with van der Waals surface area (Å²) >= 11 is 5.60. The number of benzene rings is 3. The maximum absolute atomic E-state index is 11.4. The molecule has 0 N–H and O–H groups in total. The van der Waals surface area contributed by atoms with Crippen LogP contribution in [0.2, 0.25) is 0 Å². The fraction of sp³-hybridized carbons (Fsp3) is 0.0500. The highest BCUT2D eigenvalue weighted by atomic mass is 35.5. The van der Waals surface area contributed by atoms with E-state index in [-0.39, 0.29) is 0 Å². The largest absolute Gasteiger partial charge is 0.488 e. The fourth-order valence-electron chi connectivity index (χ4n) is 2.36. The molecule has 0 fully saturated rings. The van der Waals surface area contributed by atoms with Gasteiger partial charge in [-0.05, 0) is 40.9 Å². The van der Waals surface area contributed by atoms with Gasteiger partial charge in [0, 0.05) is 11.1 Å². The van der Waals surface area contributed by atoms with Crippen molar-refractivity contribution in [2.75, 3.05) is 0 Å². The zero-order chi connectivity index (χ0) is 16.1. The van der Waals surface area contributed by atoms with Gasteiger partial charge in [-0.2, -0.15) is 0 Å². The normalized spacial score (nSPS) is 10.3. The molecule has 2 nitrogen and oxygen atoms in total. The van der Waals surface area contributed by atoms with Gasteiger partial charge in [-0.3, -0.25) is 4.79 Å². The van der Waals surface area contributed by atoms with E-state index in [4.69, 9.17) is 16.3 Å². The zero-order valence-corrected chi connectivity index (χ0v) is 13.2. The quantitative estimate of drug-likeness (QED) is 0.595. The number of carbonyl (C=O) groups excluding carboxylic acids is 1. The second-order valence-corrected chi connectivity index (χ2v) is 5.47. The van der Waals surface area contributed by atoms with Gasteiger partial charge in [0.15, 0.2) is 0 Å². The van der Waals surface area contributed by atoms with E-state index in [9.17, 15) is 4.79 Å². The van der Waals surface area contributed by atoms with E-state index in [0.717, 1.165) is 16.7 Å². The van der Waals surface area contributed by atoms with Crippen molar-refractivity contribution >= 4 is 16.8 Å². The summed E-state index contributed by atoms with van der Waals surface area (Å²) in [5.41, 5.74) is 3.45. The van der Waals surface area contributed by atoms with Crippen molar-refractivity contribution < 1.29 is 9.53 Å². The molecule has 0 saturated carbocycles. The SMILES string of the molecule is O=C(Cl)c1ccc(-c2ccccc2)c(OCc2ccccc2)c1. The highest BCUT2D eigenvalue weighted by Gasteiger charge is 2.11. The molecule has 114 valence electrons. The van der Waals surface area contributed by atoms with Crippen LogP contribution in [0.15, 0.2) is 78.9 Å². The third kappa shape index (κ3) is 3.79. The Morgan fingerprint density at radius 3 is 2.17 bits per heavy atom. The van der Waals surface area contributed by atoms with E-state index in [0.29, 0.717) is 17.9 Å². The van der Waals surface area contributed by atoms with Crippen LogP contribution in [0.25, 0.3) is 11.1 Å². The summed E-state index contributed by atoms with van der Waals surface area (Å²) in [7, 11) is 0. The van der Waals surface area contributed by atoms with Crippen LogP contribution in [0.3, 0.4) is 0 Å². The first-order valence-electron chi connectivity index (χ1n) is 7.30. The summed E-state index contributed by atoms with van der Waals surface area (Å²) in [6.45, 7) is 0.431. The summed E-state index contributed by atoms with van der Waals surface area (Å²) < 4.78 is 5.96.